The molecule has 2 aromatic carbocycles. The van der Waals surface area contributed by atoms with Crippen LogP contribution in [0.25, 0.3) is 0 Å². The molecule has 0 aromatic heterocycles. The number of carbonyl (C=O) groups is 1. The molecule has 1 aliphatic rings. The van der Waals surface area contributed by atoms with Crippen molar-refractivity contribution < 1.29 is 14.6 Å². The first-order valence-corrected chi connectivity index (χ1v) is 7.88. The molecule has 3 rings (SSSR count). The Kier molecular flexibility index (Phi) is 4.63. The topological polar surface area (TPSA) is 49.8 Å². The fourth-order valence-electron chi connectivity index (χ4n) is 3.16. The van der Waals surface area contributed by atoms with E-state index in [1.807, 2.05) is 30.3 Å². The van der Waals surface area contributed by atoms with Crippen molar-refractivity contribution in [3.8, 4) is 5.75 Å². The van der Waals surface area contributed by atoms with Gasteiger partial charge in [-0.05, 0) is 36.1 Å². The molecular weight excluding hydrogens is 290 g/mol. The second-order valence-corrected chi connectivity index (χ2v) is 5.78. The summed E-state index contributed by atoms with van der Waals surface area (Å²) in [7, 11) is 1.57. The number of likely N-dealkylation sites (tertiary alicyclic amines) is 1. The Morgan fingerprint density at radius 1 is 1.22 bits per heavy atom. The number of carbonyl (C=O) groups excluding carboxylic acids is 1. The maximum absolute atomic E-state index is 12.8. The number of aliphatic hydroxyl groups excluding tert-OH is 1. The summed E-state index contributed by atoms with van der Waals surface area (Å²) < 4.78 is 5.16. The molecule has 2 aromatic rings. The molecule has 0 spiro atoms. The summed E-state index contributed by atoms with van der Waals surface area (Å²) in [6.45, 7) is 0.680. The summed E-state index contributed by atoms with van der Waals surface area (Å²) in [5, 5.41) is 10.5. The second-order valence-electron chi connectivity index (χ2n) is 5.78. The van der Waals surface area contributed by atoms with Crippen LogP contribution in [0.2, 0.25) is 0 Å². The third-order valence-electron chi connectivity index (χ3n) is 4.36. The SMILES string of the molecule is COc1cccc(C(O)C(=O)N2CCCC2c2ccccc2)c1. The molecule has 4 heteroatoms. The first kappa shape index (κ1) is 15.6. The number of methoxy groups -OCH3 is 1. The van der Waals surface area contributed by atoms with Gasteiger partial charge in [-0.1, -0.05) is 42.5 Å². The van der Waals surface area contributed by atoms with Crippen LogP contribution in [0.3, 0.4) is 0 Å². The number of aliphatic hydroxyl groups is 1. The molecular formula is C19H21NO3. The standard InChI is InChI=1S/C19H21NO3/c1-23-16-10-5-9-15(13-16)18(21)19(22)20-12-6-11-17(20)14-7-3-2-4-8-14/h2-5,7-10,13,17-18,21H,6,11-12H2,1H3. The third kappa shape index (κ3) is 3.22. The molecule has 1 heterocycles. The predicted octanol–water partition coefficient (Wildman–Crippen LogP) is 3.09. The monoisotopic (exact) mass is 311 g/mol. The Morgan fingerprint density at radius 3 is 2.74 bits per heavy atom. The van der Waals surface area contributed by atoms with Crippen LogP contribution in [0.1, 0.15) is 36.1 Å². The highest BCUT2D eigenvalue weighted by Gasteiger charge is 2.33. The van der Waals surface area contributed by atoms with E-state index in [1.165, 1.54) is 0 Å². The van der Waals surface area contributed by atoms with Crippen molar-refractivity contribution in [1.29, 1.82) is 0 Å². The molecule has 0 aliphatic carbocycles. The number of rotatable bonds is 4. The number of hydrogen-bond donors (Lipinski definition) is 1. The normalized spacial score (nSPS) is 18.7. The lowest BCUT2D eigenvalue weighted by Crippen LogP contribution is -2.34. The van der Waals surface area contributed by atoms with Crippen LogP contribution < -0.4 is 4.74 Å². The fraction of sp³-hybridized carbons (Fsp3) is 0.316. The van der Waals surface area contributed by atoms with Gasteiger partial charge in [0.15, 0.2) is 6.10 Å². The lowest BCUT2D eigenvalue weighted by Gasteiger charge is -2.27. The first-order valence-electron chi connectivity index (χ1n) is 7.88. The zero-order valence-electron chi connectivity index (χ0n) is 13.2. The zero-order chi connectivity index (χ0) is 16.2. The highest BCUT2D eigenvalue weighted by Crippen LogP contribution is 2.34. The van der Waals surface area contributed by atoms with Gasteiger partial charge < -0.3 is 14.7 Å². The van der Waals surface area contributed by atoms with Gasteiger partial charge in [-0.2, -0.15) is 0 Å². The van der Waals surface area contributed by atoms with Gasteiger partial charge in [0, 0.05) is 6.54 Å². The molecule has 1 fully saturated rings. The minimum absolute atomic E-state index is 0.0453. The van der Waals surface area contributed by atoms with E-state index in [0.717, 1.165) is 18.4 Å². The van der Waals surface area contributed by atoms with E-state index < -0.39 is 6.10 Å². The molecule has 0 bridgehead atoms. The summed E-state index contributed by atoms with van der Waals surface area (Å²) in [6, 6.07) is 17.1. The lowest BCUT2D eigenvalue weighted by molar-refractivity contribution is -0.141. The van der Waals surface area contributed by atoms with Crippen LogP contribution >= 0.6 is 0 Å². The van der Waals surface area contributed by atoms with E-state index >= 15 is 0 Å². The Morgan fingerprint density at radius 2 is 2.00 bits per heavy atom. The molecule has 1 aliphatic heterocycles. The van der Waals surface area contributed by atoms with Crippen LogP contribution in [0.4, 0.5) is 0 Å². The molecule has 2 unspecified atom stereocenters. The summed E-state index contributed by atoms with van der Waals surface area (Å²) in [5.74, 6) is 0.389. The van der Waals surface area contributed by atoms with E-state index in [4.69, 9.17) is 4.74 Å². The first-order chi connectivity index (χ1) is 11.2. The van der Waals surface area contributed by atoms with Crippen molar-refractivity contribution in [1.82, 2.24) is 4.90 Å². The van der Waals surface area contributed by atoms with Gasteiger partial charge in [0.2, 0.25) is 0 Å². The van der Waals surface area contributed by atoms with Crippen molar-refractivity contribution in [3.05, 3.63) is 65.7 Å². The molecule has 2 atom stereocenters. The maximum atomic E-state index is 12.8. The van der Waals surface area contributed by atoms with Crippen LogP contribution in [0.15, 0.2) is 54.6 Å². The second kappa shape index (κ2) is 6.84. The number of nitrogens with zero attached hydrogens (tertiary/aromatic N) is 1. The van der Waals surface area contributed by atoms with Crippen LogP contribution in [0, 0.1) is 0 Å². The number of hydrogen-bond acceptors (Lipinski definition) is 3. The number of ether oxygens (including phenoxy) is 1. The van der Waals surface area contributed by atoms with Gasteiger partial charge in [0.25, 0.3) is 5.91 Å². The van der Waals surface area contributed by atoms with Crippen molar-refractivity contribution in [2.45, 2.75) is 25.0 Å². The summed E-state index contributed by atoms with van der Waals surface area (Å²) in [6.07, 6.45) is 0.728. The average molecular weight is 311 g/mol. The summed E-state index contributed by atoms with van der Waals surface area (Å²) in [4.78, 5) is 14.6. The summed E-state index contributed by atoms with van der Waals surface area (Å²) >= 11 is 0. The molecule has 1 amide bonds. The van der Waals surface area contributed by atoms with Gasteiger partial charge in [0.1, 0.15) is 5.75 Å². The lowest BCUT2D eigenvalue weighted by atomic mass is 10.0. The highest BCUT2D eigenvalue weighted by molar-refractivity contribution is 5.83. The largest absolute Gasteiger partial charge is 0.497 e. The van der Waals surface area contributed by atoms with Crippen molar-refractivity contribution in [2.75, 3.05) is 13.7 Å². The van der Waals surface area contributed by atoms with Crippen LogP contribution in [-0.2, 0) is 4.79 Å². The third-order valence-corrected chi connectivity index (χ3v) is 4.36. The molecule has 0 saturated carbocycles. The average Bonchev–Trinajstić information content (AvgIpc) is 3.11. The molecule has 23 heavy (non-hydrogen) atoms. The Bertz CT molecular complexity index is 671. The molecule has 120 valence electrons. The van der Waals surface area contributed by atoms with Gasteiger partial charge in [-0.15, -0.1) is 0 Å². The van der Waals surface area contributed by atoms with Crippen LogP contribution in [0.5, 0.6) is 5.75 Å². The van der Waals surface area contributed by atoms with E-state index in [1.54, 1.807) is 36.3 Å². The van der Waals surface area contributed by atoms with Gasteiger partial charge >= 0.3 is 0 Å². The minimum atomic E-state index is -1.16. The predicted molar refractivity (Wildman–Crippen MR) is 88.1 cm³/mol. The molecule has 0 radical (unpaired) electrons. The Hall–Kier alpha value is -2.33. The van der Waals surface area contributed by atoms with Crippen molar-refractivity contribution in [3.63, 3.8) is 0 Å². The van der Waals surface area contributed by atoms with Gasteiger partial charge in [0.05, 0.1) is 13.2 Å². The Labute approximate surface area is 136 Å². The van der Waals surface area contributed by atoms with Crippen molar-refractivity contribution in [2.24, 2.45) is 0 Å². The zero-order valence-corrected chi connectivity index (χ0v) is 13.2. The van der Waals surface area contributed by atoms with E-state index in [0.29, 0.717) is 17.9 Å². The van der Waals surface area contributed by atoms with E-state index in [9.17, 15) is 9.90 Å². The Balaban J connectivity index is 1.81. The summed E-state index contributed by atoms with van der Waals surface area (Å²) in [5.41, 5.74) is 1.68. The van der Waals surface area contributed by atoms with E-state index in [2.05, 4.69) is 0 Å². The minimum Gasteiger partial charge on any atom is -0.497 e. The molecule has 1 N–H and O–H groups in total. The smallest absolute Gasteiger partial charge is 0.256 e. The van der Waals surface area contributed by atoms with E-state index in [-0.39, 0.29) is 11.9 Å². The highest BCUT2D eigenvalue weighted by atomic mass is 16.5. The fourth-order valence-corrected chi connectivity index (χ4v) is 3.16. The van der Waals surface area contributed by atoms with Gasteiger partial charge in [-0.3, -0.25) is 4.79 Å². The van der Waals surface area contributed by atoms with Gasteiger partial charge in [-0.25, -0.2) is 0 Å². The molecule has 4 nitrogen and oxygen atoms in total. The van der Waals surface area contributed by atoms with Crippen LogP contribution in [-0.4, -0.2) is 29.6 Å². The quantitative estimate of drug-likeness (QED) is 0.944. The maximum Gasteiger partial charge on any atom is 0.256 e. The number of benzene rings is 2. The van der Waals surface area contributed by atoms with Crippen molar-refractivity contribution >= 4 is 5.91 Å². The molecule has 1 saturated heterocycles. The number of amides is 1.